The molecule has 1 N–H and O–H groups in total. The molecule has 1 saturated heterocycles. The SMILES string of the molecule is Cc1cc(OCC(=O)NCC2CN(C)CCN2C)c2c(C)c(C)c(=O)oc2c1. The number of fused-ring (bicyclic) bond motifs is 1. The Labute approximate surface area is 165 Å². The van der Waals surface area contributed by atoms with Crippen LogP contribution < -0.4 is 15.7 Å². The topological polar surface area (TPSA) is 75.0 Å². The molecule has 0 aliphatic carbocycles. The van der Waals surface area contributed by atoms with Crippen LogP contribution in [0.15, 0.2) is 21.3 Å². The van der Waals surface area contributed by atoms with Crippen LogP contribution in [0.2, 0.25) is 0 Å². The molecule has 0 saturated carbocycles. The van der Waals surface area contributed by atoms with Crippen molar-refractivity contribution in [2.45, 2.75) is 26.8 Å². The Morgan fingerprint density at radius 2 is 1.96 bits per heavy atom. The smallest absolute Gasteiger partial charge is 0.339 e. The number of hydrogen-bond acceptors (Lipinski definition) is 6. The minimum atomic E-state index is -0.346. The molecular weight excluding hydrogens is 358 g/mol. The van der Waals surface area contributed by atoms with Gasteiger partial charge >= 0.3 is 5.63 Å². The second kappa shape index (κ2) is 8.32. The Kier molecular flexibility index (Phi) is 6.05. The number of aryl methyl sites for hydroxylation is 2. The van der Waals surface area contributed by atoms with Gasteiger partial charge < -0.3 is 19.4 Å². The molecular formula is C21H29N3O4. The Morgan fingerprint density at radius 1 is 1.21 bits per heavy atom. The normalized spacial score (nSPS) is 18.4. The molecule has 7 heteroatoms. The lowest BCUT2D eigenvalue weighted by molar-refractivity contribution is -0.123. The first-order valence-corrected chi connectivity index (χ1v) is 9.59. The van der Waals surface area contributed by atoms with Gasteiger partial charge in [-0.1, -0.05) is 0 Å². The Morgan fingerprint density at radius 3 is 2.71 bits per heavy atom. The first-order valence-electron chi connectivity index (χ1n) is 9.59. The first-order chi connectivity index (χ1) is 13.3. The van der Waals surface area contributed by atoms with Gasteiger partial charge in [-0.2, -0.15) is 0 Å². The minimum absolute atomic E-state index is 0.0809. The monoisotopic (exact) mass is 387 g/mol. The van der Waals surface area contributed by atoms with Crippen LogP contribution in [0.1, 0.15) is 16.7 Å². The van der Waals surface area contributed by atoms with Gasteiger partial charge in [0.05, 0.1) is 5.39 Å². The average Bonchev–Trinajstić information content (AvgIpc) is 2.64. The molecule has 152 valence electrons. The van der Waals surface area contributed by atoms with Crippen LogP contribution in [0.25, 0.3) is 11.0 Å². The zero-order chi connectivity index (χ0) is 20.4. The van der Waals surface area contributed by atoms with Crippen molar-refractivity contribution in [2.75, 3.05) is 46.9 Å². The van der Waals surface area contributed by atoms with E-state index in [1.807, 2.05) is 26.0 Å². The molecule has 1 amide bonds. The summed E-state index contributed by atoms with van der Waals surface area (Å²) in [4.78, 5) is 28.8. The molecule has 2 heterocycles. The molecule has 0 radical (unpaired) electrons. The third-order valence-electron chi connectivity index (χ3n) is 5.53. The lowest BCUT2D eigenvalue weighted by Crippen LogP contribution is -2.54. The highest BCUT2D eigenvalue weighted by Gasteiger charge is 2.22. The van der Waals surface area contributed by atoms with E-state index >= 15 is 0 Å². The van der Waals surface area contributed by atoms with Crippen molar-refractivity contribution in [1.29, 1.82) is 0 Å². The summed E-state index contributed by atoms with van der Waals surface area (Å²) in [7, 11) is 4.18. The van der Waals surface area contributed by atoms with Crippen molar-refractivity contribution in [3.05, 3.63) is 39.2 Å². The third kappa shape index (κ3) is 4.36. The largest absolute Gasteiger partial charge is 0.483 e. The van der Waals surface area contributed by atoms with Gasteiger partial charge in [-0.25, -0.2) is 4.79 Å². The molecule has 1 aliphatic rings. The molecule has 1 atom stereocenters. The van der Waals surface area contributed by atoms with E-state index in [1.165, 1.54) is 0 Å². The highest BCUT2D eigenvalue weighted by molar-refractivity contribution is 5.88. The van der Waals surface area contributed by atoms with Gasteiger partial charge in [-0.15, -0.1) is 0 Å². The second-order valence-electron chi connectivity index (χ2n) is 7.77. The Bertz CT molecular complexity index is 937. The number of benzene rings is 1. The predicted molar refractivity (Wildman–Crippen MR) is 109 cm³/mol. The minimum Gasteiger partial charge on any atom is -0.483 e. The molecule has 1 aromatic carbocycles. The molecule has 1 aliphatic heterocycles. The molecule has 7 nitrogen and oxygen atoms in total. The maximum absolute atomic E-state index is 12.3. The van der Waals surface area contributed by atoms with Crippen LogP contribution in [0.5, 0.6) is 5.75 Å². The van der Waals surface area contributed by atoms with Crippen molar-refractivity contribution in [1.82, 2.24) is 15.1 Å². The zero-order valence-corrected chi connectivity index (χ0v) is 17.3. The number of carbonyl (C=O) groups is 1. The van der Waals surface area contributed by atoms with Gasteiger partial charge in [0.15, 0.2) is 6.61 Å². The molecule has 2 aromatic rings. The summed E-state index contributed by atoms with van der Waals surface area (Å²) < 4.78 is 11.2. The van der Waals surface area contributed by atoms with Crippen molar-refractivity contribution in [3.63, 3.8) is 0 Å². The number of likely N-dealkylation sites (N-methyl/N-ethyl adjacent to an activating group) is 2. The van der Waals surface area contributed by atoms with Gasteiger partial charge in [0, 0.05) is 37.8 Å². The Hall–Kier alpha value is -2.38. The second-order valence-corrected chi connectivity index (χ2v) is 7.77. The van der Waals surface area contributed by atoms with Gasteiger partial charge in [-0.3, -0.25) is 9.69 Å². The van der Waals surface area contributed by atoms with E-state index in [4.69, 9.17) is 9.15 Å². The fourth-order valence-electron chi connectivity index (χ4n) is 3.55. The van der Waals surface area contributed by atoms with Gasteiger partial charge in [0.1, 0.15) is 11.3 Å². The van der Waals surface area contributed by atoms with E-state index in [-0.39, 0.29) is 18.1 Å². The lowest BCUT2D eigenvalue weighted by atomic mass is 10.0. The van der Waals surface area contributed by atoms with Crippen molar-refractivity contribution >= 4 is 16.9 Å². The summed E-state index contributed by atoms with van der Waals surface area (Å²) >= 11 is 0. The number of carbonyl (C=O) groups excluding carboxylic acids is 1. The summed E-state index contributed by atoms with van der Waals surface area (Å²) in [5, 5.41) is 3.71. The van der Waals surface area contributed by atoms with Crippen LogP contribution in [0.4, 0.5) is 0 Å². The molecule has 28 heavy (non-hydrogen) atoms. The molecule has 0 spiro atoms. The first kappa shape index (κ1) is 20.4. The lowest BCUT2D eigenvalue weighted by Gasteiger charge is -2.37. The van der Waals surface area contributed by atoms with Gasteiger partial charge in [0.2, 0.25) is 0 Å². The summed E-state index contributed by atoms with van der Waals surface area (Å²) in [5.74, 6) is 0.395. The van der Waals surface area contributed by atoms with E-state index in [9.17, 15) is 9.59 Å². The maximum atomic E-state index is 12.3. The van der Waals surface area contributed by atoms with Gasteiger partial charge in [-0.05, 0) is 58.1 Å². The van der Waals surface area contributed by atoms with Crippen molar-refractivity contribution in [2.24, 2.45) is 0 Å². The van der Waals surface area contributed by atoms with E-state index < -0.39 is 0 Å². The average molecular weight is 387 g/mol. The number of hydrogen-bond donors (Lipinski definition) is 1. The molecule has 1 aromatic heterocycles. The molecule has 1 unspecified atom stereocenters. The van der Waals surface area contributed by atoms with Crippen LogP contribution >= 0.6 is 0 Å². The number of ether oxygens (including phenoxy) is 1. The van der Waals surface area contributed by atoms with Gasteiger partial charge in [0.25, 0.3) is 5.91 Å². The summed E-state index contributed by atoms with van der Waals surface area (Å²) in [6.07, 6.45) is 0. The molecule has 3 rings (SSSR count). The number of rotatable bonds is 5. The van der Waals surface area contributed by atoms with E-state index in [2.05, 4.69) is 29.2 Å². The summed E-state index contributed by atoms with van der Waals surface area (Å²) in [6.45, 7) is 8.97. The molecule has 0 bridgehead atoms. The summed E-state index contributed by atoms with van der Waals surface area (Å²) in [6, 6.07) is 3.97. The quantitative estimate of drug-likeness (QED) is 0.783. The van der Waals surface area contributed by atoms with E-state index in [1.54, 1.807) is 6.92 Å². The van der Waals surface area contributed by atoms with Crippen molar-refractivity contribution < 1.29 is 13.9 Å². The number of nitrogens with one attached hydrogen (secondary N) is 1. The fraction of sp³-hybridized carbons (Fsp3) is 0.524. The zero-order valence-electron chi connectivity index (χ0n) is 17.3. The Balaban J connectivity index is 1.69. The van der Waals surface area contributed by atoms with Crippen LogP contribution in [0.3, 0.4) is 0 Å². The van der Waals surface area contributed by atoms with Crippen LogP contribution in [-0.2, 0) is 4.79 Å². The number of amides is 1. The summed E-state index contributed by atoms with van der Waals surface area (Å²) in [5.41, 5.74) is 2.40. The van der Waals surface area contributed by atoms with Crippen LogP contribution in [-0.4, -0.2) is 68.6 Å². The van der Waals surface area contributed by atoms with E-state index in [0.29, 0.717) is 29.5 Å². The molecule has 1 fully saturated rings. The fourth-order valence-corrected chi connectivity index (χ4v) is 3.55. The standard InChI is InChI=1S/C21H29N3O4/c1-13-8-17(20-14(2)15(3)21(26)28-18(20)9-13)27-12-19(25)22-10-16-11-23(4)6-7-24(16)5/h8-9,16H,6-7,10-12H2,1-5H3,(H,22,25). The third-order valence-corrected chi connectivity index (χ3v) is 5.53. The number of piperazine rings is 1. The number of nitrogens with zero attached hydrogens (tertiary/aromatic N) is 2. The van der Waals surface area contributed by atoms with E-state index in [0.717, 1.165) is 36.1 Å². The van der Waals surface area contributed by atoms with Crippen molar-refractivity contribution in [3.8, 4) is 5.75 Å². The highest BCUT2D eigenvalue weighted by Crippen LogP contribution is 2.30. The van der Waals surface area contributed by atoms with Crippen LogP contribution in [0, 0.1) is 20.8 Å². The predicted octanol–water partition coefficient (Wildman–Crippen LogP) is 1.46. The maximum Gasteiger partial charge on any atom is 0.339 e. The highest BCUT2D eigenvalue weighted by atomic mass is 16.5.